The number of hydrogen-bond acceptors (Lipinski definition) is 4. The summed E-state index contributed by atoms with van der Waals surface area (Å²) in [5, 5.41) is 3.13. The number of anilines is 1. The molecule has 3 aromatic rings. The van der Waals surface area contributed by atoms with Gasteiger partial charge in [0.1, 0.15) is 18.4 Å². The Morgan fingerprint density at radius 2 is 1.62 bits per heavy atom. The summed E-state index contributed by atoms with van der Waals surface area (Å²) in [5.41, 5.74) is 2.71. The van der Waals surface area contributed by atoms with Crippen LogP contribution in [-0.4, -0.2) is 50.0 Å². The second-order valence-corrected chi connectivity index (χ2v) is 12.4. The highest BCUT2D eigenvalue weighted by Gasteiger charge is 2.34. The first-order valence-electron chi connectivity index (χ1n) is 13.5. The van der Waals surface area contributed by atoms with Gasteiger partial charge < -0.3 is 10.2 Å². The molecule has 0 spiro atoms. The molecule has 2 amide bonds. The normalized spacial score (nSPS) is 14.5. The van der Waals surface area contributed by atoms with E-state index in [1.54, 1.807) is 30.3 Å². The number of benzene rings is 3. The molecule has 0 unspecified atom stereocenters. The topological polar surface area (TPSA) is 86.8 Å². The highest BCUT2D eigenvalue weighted by atomic mass is 32.2. The monoisotopic (exact) mass is 565 g/mol. The molecule has 1 aliphatic carbocycles. The Bertz CT molecular complexity index is 1410. The van der Waals surface area contributed by atoms with Crippen molar-refractivity contribution in [3.05, 3.63) is 101 Å². The molecule has 1 aliphatic rings. The Balaban J connectivity index is 1.72. The number of sulfonamides is 1. The zero-order valence-corrected chi connectivity index (χ0v) is 23.7. The Hall–Kier alpha value is -3.72. The highest BCUT2D eigenvalue weighted by molar-refractivity contribution is 7.92. The molecule has 0 radical (unpaired) electrons. The maximum Gasteiger partial charge on any atom is 0.244 e. The summed E-state index contributed by atoms with van der Waals surface area (Å²) in [6.07, 6.45) is 5.13. The molecule has 1 saturated carbocycles. The molecular weight excluding hydrogens is 529 g/mol. The SMILES string of the molecule is Cc1cccc(N(CC(=O)N(Cc2ccc(F)cc2)[C@@H](Cc2ccccc2)C(=O)NC2CCCC2)S(C)(=O)=O)c1. The Morgan fingerprint density at radius 3 is 2.25 bits per heavy atom. The van der Waals surface area contributed by atoms with E-state index in [2.05, 4.69) is 5.32 Å². The maximum absolute atomic E-state index is 14.1. The van der Waals surface area contributed by atoms with E-state index in [0.29, 0.717) is 11.3 Å². The largest absolute Gasteiger partial charge is 0.352 e. The molecular formula is C31H36FN3O4S. The Labute approximate surface area is 236 Å². The lowest BCUT2D eigenvalue weighted by atomic mass is 10.0. The summed E-state index contributed by atoms with van der Waals surface area (Å²) in [6.45, 7) is 1.38. The van der Waals surface area contributed by atoms with Crippen LogP contribution in [0.15, 0.2) is 78.9 Å². The van der Waals surface area contributed by atoms with Crippen molar-refractivity contribution in [3.63, 3.8) is 0 Å². The van der Waals surface area contributed by atoms with E-state index in [0.717, 1.165) is 47.4 Å². The van der Waals surface area contributed by atoms with Gasteiger partial charge in [0.05, 0.1) is 11.9 Å². The number of nitrogens with one attached hydrogen (secondary N) is 1. The van der Waals surface area contributed by atoms with Crippen LogP contribution in [0.2, 0.25) is 0 Å². The van der Waals surface area contributed by atoms with Crippen LogP contribution in [0.25, 0.3) is 0 Å². The summed E-state index contributed by atoms with van der Waals surface area (Å²) < 4.78 is 40.5. The molecule has 40 heavy (non-hydrogen) atoms. The lowest BCUT2D eigenvalue weighted by Crippen LogP contribution is -2.54. The molecule has 0 saturated heterocycles. The first kappa shape index (κ1) is 29.3. The van der Waals surface area contributed by atoms with Crippen molar-refractivity contribution < 1.29 is 22.4 Å². The summed E-state index contributed by atoms with van der Waals surface area (Å²) in [7, 11) is -3.83. The van der Waals surface area contributed by atoms with Gasteiger partial charge in [-0.3, -0.25) is 13.9 Å². The zero-order valence-electron chi connectivity index (χ0n) is 22.9. The molecule has 1 atom stereocenters. The maximum atomic E-state index is 14.1. The predicted molar refractivity (Wildman–Crippen MR) is 155 cm³/mol. The van der Waals surface area contributed by atoms with Gasteiger partial charge in [-0.2, -0.15) is 0 Å². The van der Waals surface area contributed by atoms with Crippen molar-refractivity contribution in [1.82, 2.24) is 10.2 Å². The van der Waals surface area contributed by atoms with Crippen LogP contribution >= 0.6 is 0 Å². The smallest absolute Gasteiger partial charge is 0.244 e. The van der Waals surface area contributed by atoms with Crippen molar-refractivity contribution in [3.8, 4) is 0 Å². The third kappa shape index (κ3) is 7.91. The number of amides is 2. The van der Waals surface area contributed by atoms with Gasteiger partial charge in [0, 0.05) is 19.0 Å². The van der Waals surface area contributed by atoms with E-state index in [1.165, 1.54) is 17.0 Å². The van der Waals surface area contributed by atoms with E-state index in [4.69, 9.17) is 0 Å². The van der Waals surface area contributed by atoms with Crippen molar-refractivity contribution in [2.75, 3.05) is 17.1 Å². The van der Waals surface area contributed by atoms with Crippen molar-refractivity contribution in [2.24, 2.45) is 0 Å². The predicted octanol–water partition coefficient (Wildman–Crippen LogP) is 4.60. The minimum atomic E-state index is -3.83. The second-order valence-electron chi connectivity index (χ2n) is 10.5. The van der Waals surface area contributed by atoms with Crippen LogP contribution in [-0.2, 0) is 32.6 Å². The number of halogens is 1. The molecule has 4 rings (SSSR count). The Morgan fingerprint density at radius 1 is 0.950 bits per heavy atom. The number of hydrogen-bond donors (Lipinski definition) is 1. The van der Waals surface area contributed by atoms with Crippen molar-refractivity contribution in [2.45, 2.75) is 57.7 Å². The van der Waals surface area contributed by atoms with E-state index in [1.807, 2.05) is 43.3 Å². The van der Waals surface area contributed by atoms with E-state index in [9.17, 15) is 22.4 Å². The number of nitrogens with zero attached hydrogens (tertiary/aromatic N) is 2. The lowest BCUT2D eigenvalue weighted by molar-refractivity contribution is -0.140. The van der Waals surface area contributed by atoms with Crippen LogP contribution in [0.5, 0.6) is 0 Å². The van der Waals surface area contributed by atoms with Gasteiger partial charge in [-0.1, -0.05) is 67.4 Å². The summed E-state index contributed by atoms with van der Waals surface area (Å²) in [6, 6.07) is 21.2. The molecule has 9 heteroatoms. The number of rotatable bonds is 11. The van der Waals surface area contributed by atoms with Gasteiger partial charge >= 0.3 is 0 Å². The van der Waals surface area contributed by atoms with Gasteiger partial charge in [0.25, 0.3) is 0 Å². The average Bonchev–Trinajstić information content (AvgIpc) is 3.43. The molecule has 1 fully saturated rings. The fourth-order valence-electron chi connectivity index (χ4n) is 5.10. The highest BCUT2D eigenvalue weighted by Crippen LogP contribution is 2.23. The molecule has 3 aromatic carbocycles. The van der Waals surface area contributed by atoms with Crippen molar-refractivity contribution in [1.29, 1.82) is 0 Å². The van der Waals surface area contributed by atoms with Gasteiger partial charge in [-0.25, -0.2) is 12.8 Å². The third-order valence-corrected chi connectivity index (χ3v) is 8.35. The third-order valence-electron chi connectivity index (χ3n) is 7.21. The first-order valence-corrected chi connectivity index (χ1v) is 15.4. The van der Waals surface area contributed by atoms with E-state index >= 15 is 0 Å². The van der Waals surface area contributed by atoms with E-state index < -0.39 is 34.3 Å². The van der Waals surface area contributed by atoms with Crippen LogP contribution in [0.4, 0.5) is 10.1 Å². The van der Waals surface area contributed by atoms with Crippen LogP contribution < -0.4 is 9.62 Å². The standard InChI is InChI=1S/C31H36FN3O4S/c1-23-9-8-14-28(19-23)35(40(2,38)39)22-30(36)34(21-25-15-17-26(32)18-16-25)29(20-24-10-4-3-5-11-24)31(37)33-27-12-6-7-13-27/h3-5,8-11,14-19,27,29H,6-7,12-13,20-22H2,1-2H3,(H,33,37)/t29-/m0/s1. The Kier molecular flexibility index (Phi) is 9.58. The minimum absolute atomic E-state index is 0.0140. The van der Waals surface area contributed by atoms with Gasteiger partial charge in [0.2, 0.25) is 21.8 Å². The van der Waals surface area contributed by atoms with Crippen LogP contribution in [0.1, 0.15) is 42.4 Å². The van der Waals surface area contributed by atoms with Gasteiger partial charge in [-0.05, 0) is 60.7 Å². The number of carbonyl (C=O) groups excluding carboxylic acids is 2. The van der Waals surface area contributed by atoms with Crippen LogP contribution in [0.3, 0.4) is 0 Å². The van der Waals surface area contributed by atoms with Gasteiger partial charge in [0.15, 0.2) is 0 Å². The van der Waals surface area contributed by atoms with Gasteiger partial charge in [-0.15, -0.1) is 0 Å². The molecule has 0 bridgehead atoms. The summed E-state index contributed by atoms with van der Waals surface area (Å²) in [4.78, 5) is 29.3. The second kappa shape index (κ2) is 13.1. The zero-order chi connectivity index (χ0) is 28.7. The fourth-order valence-corrected chi connectivity index (χ4v) is 5.95. The lowest BCUT2D eigenvalue weighted by Gasteiger charge is -2.34. The minimum Gasteiger partial charge on any atom is -0.352 e. The molecule has 7 nitrogen and oxygen atoms in total. The summed E-state index contributed by atoms with van der Waals surface area (Å²) >= 11 is 0. The number of aryl methyl sites for hydroxylation is 1. The van der Waals surface area contributed by atoms with E-state index in [-0.39, 0.29) is 24.9 Å². The molecule has 1 N–H and O–H groups in total. The number of carbonyl (C=O) groups is 2. The fraction of sp³-hybridized carbons (Fsp3) is 0.355. The first-order chi connectivity index (χ1) is 19.1. The quantitative estimate of drug-likeness (QED) is 0.368. The molecule has 0 aromatic heterocycles. The van der Waals surface area contributed by atoms with Crippen LogP contribution in [0, 0.1) is 12.7 Å². The van der Waals surface area contributed by atoms with Crippen molar-refractivity contribution >= 4 is 27.5 Å². The summed E-state index contributed by atoms with van der Waals surface area (Å²) in [5.74, 6) is -1.23. The molecule has 212 valence electrons. The molecule has 0 heterocycles. The average molecular weight is 566 g/mol. The molecule has 0 aliphatic heterocycles.